The van der Waals surface area contributed by atoms with E-state index in [1.165, 1.54) is 0 Å². The third-order valence-electron chi connectivity index (χ3n) is 5.39. The number of carbonyl (C=O) groups is 1. The molecule has 0 spiro atoms. The van der Waals surface area contributed by atoms with Crippen molar-refractivity contribution in [2.24, 2.45) is 5.92 Å². The van der Waals surface area contributed by atoms with Gasteiger partial charge in [0.05, 0.1) is 38.9 Å². The fraction of sp³-hybridized carbons (Fsp3) is 0.409. The molecule has 29 heavy (non-hydrogen) atoms. The summed E-state index contributed by atoms with van der Waals surface area (Å²) in [6, 6.07) is 11.2. The maximum atomic E-state index is 11.7. The van der Waals surface area contributed by atoms with Crippen LogP contribution in [0.4, 0.5) is 0 Å². The van der Waals surface area contributed by atoms with Crippen molar-refractivity contribution in [2.75, 3.05) is 34.4 Å². The molecule has 1 aliphatic rings. The van der Waals surface area contributed by atoms with Gasteiger partial charge in [0.15, 0.2) is 0 Å². The van der Waals surface area contributed by atoms with Crippen molar-refractivity contribution >= 4 is 21.9 Å². The van der Waals surface area contributed by atoms with Crippen molar-refractivity contribution in [3.8, 4) is 17.2 Å². The first kappa shape index (κ1) is 21.5. The lowest BCUT2D eigenvalue weighted by atomic mass is 9.90. The van der Waals surface area contributed by atoms with E-state index < -0.39 is 11.9 Å². The number of ether oxygens (including phenoxy) is 3. The average Bonchev–Trinajstić information content (AvgIpc) is 2.74. The number of nitrogens with zero attached hydrogens (tertiary/aromatic N) is 1. The first-order chi connectivity index (χ1) is 14.0. The largest absolute Gasteiger partial charge is 0.496 e. The Kier molecular flexibility index (Phi) is 7.03. The van der Waals surface area contributed by atoms with Crippen LogP contribution in [-0.4, -0.2) is 50.4 Å². The van der Waals surface area contributed by atoms with Crippen molar-refractivity contribution in [2.45, 2.75) is 18.9 Å². The zero-order valence-corrected chi connectivity index (χ0v) is 18.4. The number of carboxylic acid groups (broad SMARTS) is 1. The Hall–Kier alpha value is -2.25. The minimum absolute atomic E-state index is 0.282. The molecule has 156 valence electrons. The van der Waals surface area contributed by atoms with Crippen LogP contribution < -0.4 is 14.2 Å². The Bertz CT molecular complexity index is 850. The van der Waals surface area contributed by atoms with Crippen molar-refractivity contribution in [1.29, 1.82) is 0 Å². The monoisotopic (exact) mass is 463 g/mol. The normalized spacial score (nSPS) is 18.1. The highest BCUT2D eigenvalue weighted by Gasteiger charge is 2.35. The molecule has 2 aromatic carbocycles. The quantitative estimate of drug-likeness (QED) is 0.657. The second-order valence-corrected chi connectivity index (χ2v) is 7.95. The highest BCUT2D eigenvalue weighted by atomic mass is 79.9. The van der Waals surface area contributed by atoms with E-state index >= 15 is 0 Å². The summed E-state index contributed by atoms with van der Waals surface area (Å²) in [6.45, 7) is 1.21. The zero-order chi connectivity index (χ0) is 21.0. The molecule has 3 rings (SSSR count). The van der Waals surface area contributed by atoms with E-state index in [1.54, 1.807) is 21.3 Å². The zero-order valence-electron chi connectivity index (χ0n) is 16.9. The fourth-order valence-electron chi connectivity index (χ4n) is 4.05. The van der Waals surface area contributed by atoms with Gasteiger partial charge in [-0.2, -0.15) is 0 Å². The van der Waals surface area contributed by atoms with Crippen molar-refractivity contribution in [3.05, 3.63) is 52.0 Å². The SMILES string of the molecule is COc1ccc(Br)cc1C(c1c(OC)cccc1OC)N1CCCC(C(=O)O)C1. The molecule has 1 aliphatic heterocycles. The van der Waals surface area contributed by atoms with Gasteiger partial charge in [-0.15, -0.1) is 0 Å². The molecule has 1 N–H and O–H groups in total. The summed E-state index contributed by atoms with van der Waals surface area (Å²) in [5, 5.41) is 9.62. The molecule has 0 bridgehead atoms. The topological polar surface area (TPSA) is 68.2 Å². The molecule has 2 aromatic rings. The van der Waals surface area contributed by atoms with Crippen LogP contribution in [0.3, 0.4) is 0 Å². The van der Waals surface area contributed by atoms with Gasteiger partial charge in [-0.1, -0.05) is 22.0 Å². The lowest BCUT2D eigenvalue weighted by Crippen LogP contribution is -2.41. The van der Waals surface area contributed by atoms with Gasteiger partial charge in [-0.3, -0.25) is 9.69 Å². The van der Waals surface area contributed by atoms with E-state index in [-0.39, 0.29) is 6.04 Å². The summed E-state index contributed by atoms with van der Waals surface area (Å²) in [5.41, 5.74) is 1.79. The summed E-state index contributed by atoms with van der Waals surface area (Å²) >= 11 is 3.57. The molecule has 0 saturated carbocycles. The minimum atomic E-state index is -0.762. The molecule has 1 heterocycles. The van der Waals surface area contributed by atoms with E-state index in [1.807, 2.05) is 36.4 Å². The summed E-state index contributed by atoms with van der Waals surface area (Å²) in [6.07, 6.45) is 1.48. The maximum absolute atomic E-state index is 11.7. The molecule has 0 aliphatic carbocycles. The lowest BCUT2D eigenvalue weighted by molar-refractivity contribution is -0.143. The van der Waals surface area contributed by atoms with Crippen molar-refractivity contribution in [1.82, 2.24) is 4.90 Å². The van der Waals surface area contributed by atoms with Crippen LogP contribution in [0.1, 0.15) is 30.0 Å². The maximum Gasteiger partial charge on any atom is 0.307 e. The molecule has 1 fully saturated rings. The number of halogens is 1. The van der Waals surface area contributed by atoms with Gasteiger partial charge in [0.2, 0.25) is 0 Å². The van der Waals surface area contributed by atoms with E-state index in [0.29, 0.717) is 24.5 Å². The van der Waals surface area contributed by atoms with Crippen molar-refractivity contribution in [3.63, 3.8) is 0 Å². The number of likely N-dealkylation sites (tertiary alicyclic amines) is 1. The van der Waals surface area contributed by atoms with Gasteiger partial charge in [-0.05, 0) is 49.7 Å². The first-order valence-corrected chi connectivity index (χ1v) is 10.3. The average molecular weight is 464 g/mol. The van der Waals surface area contributed by atoms with Crippen LogP contribution in [0.15, 0.2) is 40.9 Å². The van der Waals surface area contributed by atoms with Crippen LogP contribution >= 0.6 is 15.9 Å². The van der Waals surface area contributed by atoms with Crippen LogP contribution in [0.5, 0.6) is 17.2 Å². The molecule has 7 heteroatoms. The van der Waals surface area contributed by atoms with Crippen LogP contribution in [0.25, 0.3) is 0 Å². The predicted octanol–water partition coefficient (Wildman–Crippen LogP) is 4.36. The molecule has 0 aromatic heterocycles. The Morgan fingerprint density at radius 1 is 1.10 bits per heavy atom. The summed E-state index contributed by atoms with van der Waals surface area (Å²) in [7, 11) is 4.90. The van der Waals surface area contributed by atoms with E-state index in [2.05, 4.69) is 20.8 Å². The summed E-state index contributed by atoms with van der Waals surface area (Å²) in [5.74, 6) is 0.929. The van der Waals surface area contributed by atoms with E-state index in [0.717, 1.165) is 34.3 Å². The minimum Gasteiger partial charge on any atom is -0.496 e. The molecule has 0 amide bonds. The highest BCUT2D eigenvalue weighted by Crippen LogP contribution is 2.45. The second-order valence-electron chi connectivity index (χ2n) is 7.04. The lowest BCUT2D eigenvalue weighted by Gasteiger charge is -2.39. The van der Waals surface area contributed by atoms with Crippen LogP contribution in [-0.2, 0) is 4.79 Å². The molecule has 1 saturated heterocycles. The Morgan fingerprint density at radius 3 is 2.34 bits per heavy atom. The number of methoxy groups -OCH3 is 3. The number of piperidine rings is 1. The Balaban J connectivity index is 2.21. The molecular formula is C22H26BrNO5. The third-order valence-corrected chi connectivity index (χ3v) is 5.89. The molecule has 0 radical (unpaired) electrons. The van der Waals surface area contributed by atoms with Gasteiger partial charge in [-0.25, -0.2) is 0 Å². The predicted molar refractivity (Wildman–Crippen MR) is 114 cm³/mol. The Morgan fingerprint density at radius 2 is 1.76 bits per heavy atom. The molecule has 2 unspecified atom stereocenters. The molecule has 2 atom stereocenters. The summed E-state index contributed by atoms with van der Waals surface area (Å²) in [4.78, 5) is 13.9. The van der Waals surface area contributed by atoms with Gasteiger partial charge in [0.1, 0.15) is 17.2 Å². The number of aliphatic carboxylic acids is 1. The van der Waals surface area contributed by atoms with Gasteiger partial charge < -0.3 is 19.3 Å². The van der Waals surface area contributed by atoms with E-state index in [4.69, 9.17) is 14.2 Å². The number of hydrogen-bond donors (Lipinski definition) is 1. The Labute approximate surface area is 179 Å². The number of benzene rings is 2. The molecular weight excluding hydrogens is 438 g/mol. The number of rotatable bonds is 7. The van der Waals surface area contributed by atoms with Gasteiger partial charge >= 0.3 is 5.97 Å². The van der Waals surface area contributed by atoms with Crippen LogP contribution in [0.2, 0.25) is 0 Å². The highest BCUT2D eigenvalue weighted by molar-refractivity contribution is 9.10. The van der Waals surface area contributed by atoms with Gasteiger partial charge in [0, 0.05) is 16.6 Å². The van der Waals surface area contributed by atoms with Crippen molar-refractivity contribution < 1.29 is 24.1 Å². The van der Waals surface area contributed by atoms with E-state index in [9.17, 15) is 9.90 Å². The fourth-order valence-corrected chi connectivity index (χ4v) is 4.42. The van der Waals surface area contributed by atoms with Gasteiger partial charge in [0.25, 0.3) is 0 Å². The smallest absolute Gasteiger partial charge is 0.307 e. The number of carboxylic acids is 1. The molecule has 6 nitrogen and oxygen atoms in total. The second kappa shape index (κ2) is 9.50. The first-order valence-electron chi connectivity index (χ1n) is 9.51. The summed E-state index contributed by atoms with van der Waals surface area (Å²) < 4.78 is 18.0. The standard InChI is InChI=1S/C22H26BrNO5/c1-27-17-10-9-15(23)12-16(17)21(24-11-5-6-14(13-24)22(25)26)20-18(28-2)7-4-8-19(20)29-3/h4,7-10,12,14,21H,5-6,11,13H2,1-3H3,(H,25,26). The number of hydrogen-bond acceptors (Lipinski definition) is 5. The van der Waals surface area contributed by atoms with Crippen LogP contribution in [0, 0.1) is 5.92 Å². The third kappa shape index (κ3) is 4.51.